The zero-order valence-corrected chi connectivity index (χ0v) is 32.6. The molecule has 1 saturated heterocycles. The minimum absolute atomic E-state index is 0.135. The number of carbonyl (C=O) groups is 2. The Bertz CT molecular complexity index is 1080. The van der Waals surface area contributed by atoms with Gasteiger partial charge >= 0.3 is 19.8 Å². The molecule has 1 aliphatic rings. The molecule has 2 N–H and O–H groups in total. The van der Waals surface area contributed by atoms with E-state index >= 15 is 0 Å². The number of esters is 2. The van der Waals surface area contributed by atoms with Gasteiger partial charge in [-0.3, -0.25) is 14.1 Å². The minimum atomic E-state index is -4.78. The third-order valence-corrected chi connectivity index (χ3v) is 8.92. The number of unbranched alkanes of at least 4 members (excludes halogenated alkanes) is 11. The van der Waals surface area contributed by atoms with E-state index < -0.39 is 32.5 Å². The van der Waals surface area contributed by atoms with E-state index in [4.69, 9.17) is 24.0 Å². The van der Waals surface area contributed by atoms with Crippen LogP contribution in [0.5, 0.6) is 0 Å². The molecule has 3 atom stereocenters. The van der Waals surface area contributed by atoms with Crippen molar-refractivity contribution in [3.8, 4) is 0 Å². The lowest BCUT2D eigenvalue weighted by Crippen LogP contribution is -2.29. The van der Waals surface area contributed by atoms with Crippen molar-refractivity contribution in [2.75, 3.05) is 13.2 Å². The number of rotatable bonds is 34. The van der Waals surface area contributed by atoms with Gasteiger partial charge in [0, 0.05) is 12.8 Å². The Kier molecular flexibility index (Phi) is 29.7. The van der Waals surface area contributed by atoms with Crippen LogP contribution in [0.1, 0.15) is 155 Å². The predicted octanol–water partition coefficient (Wildman–Crippen LogP) is 10.7. The van der Waals surface area contributed by atoms with Gasteiger partial charge in [-0.1, -0.05) is 120 Å². The van der Waals surface area contributed by atoms with Crippen LogP contribution >= 0.6 is 7.82 Å². The smallest absolute Gasteiger partial charge is 0.462 e. The molecule has 51 heavy (non-hydrogen) atoms. The van der Waals surface area contributed by atoms with Crippen molar-refractivity contribution >= 4 is 19.8 Å². The molecule has 0 radical (unpaired) electrons. The fourth-order valence-electron chi connectivity index (χ4n) is 5.37. The lowest BCUT2D eigenvalue weighted by Gasteiger charge is -2.18. The monoisotopic (exact) mass is 736 g/mol. The molecule has 0 saturated carbocycles. The molecule has 0 spiro atoms. The highest BCUT2D eigenvalue weighted by Gasteiger charge is 2.36. The Morgan fingerprint density at radius 2 is 1.14 bits per heavy atom. The molecule has 0 bridgehead atoms. The van der Waals surface area contributed by atoms with Crippen LogP contribution in [0, 0.1) is 0 Å². The van der Waals surface area contributed by atoms with Gasteiger partial charge in [0.1, 0.15) is 6.61 Å². The topological polar surface area (TPSA) is 132 Å². The van der Waals surface area contributed by atoms with Crippen molar-refractivity contribution in [1.29, 1.82) is 0 Å². The Labute approximate surface area is 309 Å². The molecule has 0 aliphatic carbocycles. The third kappa shape index (κ3) is 32.1. The maximum atomic E-state index is 12.4. The van der Waals surface area contributed by atoms with Gasteiger partial charge < -0.3 is 24.0 Å². The van der Waals surface area contributed by atoms with Crippen LogP contribution in [0.3, 0.4) is 0 Å². The van der Waals surface area contributed by atoms with E-state index in [-0.39, 0.29) is 31.7 Å². The summed E-state index contributed by atoms with van der Waals surface area (Å²) in [5, 5.41) is 0. The van der Waals surface area contributed by atoms with E-state index in [1.54, 1.807) is 0 Å². The molecule has 1 aliphatic heterocycles. The summed E-state index contributed by atoms with van der Waals surface area (Å²) in [5.41, 5.74) is 0. The second-order valence-corrected chi connectivity index (χ2v) is 14.5. The fourth-order valence-corrected chi connectivity index (χ4v) is 5.73. The number of allylic oxidation sites excluding steroid dienone is 9. The number of carbonyl (C=O) groups excluding carboxylic acids is 2. The molecule has 292 valence electrons. The zero-order valence-electron chi connectivity index (χ0n) is 31.7. The molecule has 10 heteroatoms. The van der Waals surface area contributed by atoms with E-state index in [9.17, 15) is 14.2 Å². The van der Waals surface area contributed by atoms with Gasteiger partial charge in [-0.25, -0.2) is 4.57 Å². The Hall–Kier alpha value is -2.29. The van der Waals surface area contributed by atoms with Crippen molar-refractivity contribution in [2.24, 2.45) is 0 Å². The van der Waals surface area contributed by atoms with Crippen molar-refractivity contribution in [3.63, 3.8) is 0 Å². The van der Waals surface area contributed by atoms with Crippen molar-refractivity contribution in [2.45, 2.75) is 173 Å². The first-order valence-corrected chi connectivity index (χ1v) is 21.2. The van der Waals surface area contributed by atoms with E-state index in [1.165, 1.54) is 38.5 Å². The molecule has 1 heterocycles. The van der Waals surface area contributed by atoms with Crippen molar-refractivity contribution in [1.82, 2.24) is 0 Å². The van der Waals surface area contributed by atoms with Crippen LogP contribution < -0.4 is 0 Å². The Balaban J connectivity index is 2.16. The van der Waals surface area contributed by atoms with Crippen LogP contribution in [0.15, 0.2) is 60.8 Å². The summed E-state index contributed by atoms with van der Waals surface area (Å²) in [6, 6.07) is 0. The standard InChI is InChI=1S/C41H69O9P/c1-3-5-7-9-11-13-15-17-18-19-21-23-25-27-29-33-41(43)49-37(36-48-51(44,45)46)35-47-40(42)34-30-32-39-38(50-39)31-28-26-24-22-20-16-14-12-10-8-6-4-2/h11-14,17-18,20,22,26,28,37-39H,3-10,15-16,19,21,23-25,27,29-36H2,1-2H3,(H2,44,45,46)/b13-11-,14-12-,18-17-,22-20-,28-26-/t37-,38?,39?/m1/s1. The SMILES string of the molecule is CCCCC/C=C\C/C=C\C/C=C\CC1OC1CCCC(=O)OC[C@H](COP(=O)(O)O)OC(=O)CCCCCCC/C=C\C/C=C\CCCCC. The van der Waals surface area contributed by atoms with E-state index in [0.29, 0.717) is 12.8 Å². The van der Waals surface area contributed by atoms with Gasteiger partial charge in [0.05, 0.1) is 18.8 Å². The number of hydrogen-bond donors (Lipinski definition) is 2. The fraction of sp³-hybridized carbons (Fsp3) is 0.707. The van der Waals surface area contributed by atoms with Gasteiger partial charge in [-0.15, -0.1) is 0 Å². The quantitative estimate of drug-likeness (QED) is 0.0218. The minimum Gasteiger partial charge on any atom is -0.462 e. The second kappa shape index (κ2) is 32.4. The predicted molar refractivity (Wildman–Crippen MR) is 206 cm³/mol. The summed E-state index contributed by atoms with van der Waals surface area (Å²) >= 11 is 0. The Morgan fingerprint density at radius 1 is 0.627 bits per heavy atom. The average molecular weight is 737 g/mol. The lowest BCUT2D eigenvalue weighted by atomic mass is 10.1. The first kappa shape index (κ1) is 46.7. The summed E-state index contributed by atoms with van der Waals surface area (Å²) in [6.07, 6.45) is 42.4. The van der Waals surface area contributed by atoms with Gasteiger partial charge in [-0.05, 0) is 83.5 Å². The highest BCUT2D eigenvalue weighted by atomic mass is 31.2. The molecule has 1 rings (SSSR count). The van der Waals surface area contributed by atoms with Crippen LogP contribution in [-0.2, 0) is 32.9 Å². The summed E-state index contributed by atoms with van der Waals surface area (Å²) in [5.74, 6) is -0.982. The molecule has 0 amide bonds. The number of ether oxygens (including phenoxy) is 3. The van der Waals surface area contributed by atoms with Crippen molar-refractivity contribution < 1.29 is 42.7 Å². The van der Waals surface area contributed by atoms with Gasteiger partial charge in [0.2, 0.25) is 0 Å². The van der Waals surface area contributed by atoms with E-state index in [1.807, 2.05) is 0 Å². The molecular weight excluding hydrogens is 667 g/mol. The number of epoxide rings is 1. The van der Waals surface area contributed by atoms with E-state index in [2.05, 4.69) is 79.1 Å². The molecule has 1 fully saturated rings. The van der Waals surface area contributed by atoms with Crippen LogP contribution in [0.2, 0.25) is 0 Å². The molecule has 2 unspecified atom stereocenters. The van der Waals surface area contributed by atoms with Gasteiger partial charge in [0.25, 0.3) is 0 Å². The van der Waals surface area contributed by atoms with E-state index in [0.717, 1.165) is 77.0 Å². The maximum absolute atomic E-state index is 12.4. The normalized spacial score (nSPS) is 17.1. The number of phosphoric acid groups is 1. The van der Waals surface area contributed by atoms with Crippen molar-refractivity contribution in [3.05, 3.63) is 60.8 Å². The van der Waals surface area contributed by atoms with Crippen LogP contribution in [0.4, 0.5) is 0 Å². The summed E-state index contributed by atoms with van der Waals surface area (Å²) < 4.78 is 32.1. The summed E-state index contributed by atoms with van der Waals surface area (Å²) in [6.45, 7) is 3.54. The largest absolute Gasteiger partial charge is 0.469 e. The van der Waals surface area contributed by atoms with Crippen LogP contribution in [0.25, 0.3) is 0 Å². The summed E-state index contributed by atoms with van der Waals surface area (Å²) in [4.78, 5) is 42.9. The average Bonchev–Trinajstić information content (AvgIpc) is 3.85. The van der Waals surface area contributed by atoms with Crippen LogP contribution in [-0.4, -0.2) is 53.3 Å². The van der Waals surface area contributed by atoms with Gasteiger partial charge in [-0.2, -0.15) is 0 Å². The molecule has 0 aromatic carbocycles. The molecular formula is C41H69O9P. The Morgan fingerprint density at radius 3 is 1.73 bits per heavy atom. The molecule has 9 nitrogen and oxygen atoms in total. The van der Waals surface area contributed by atoms with Gasteiger partial charge in [0.15, 0.2) is 6.10 Å². The third-order valence-electron chi connectivity index (χ3n) is 8.43. The second-order valence-electron chi connectivity index (χ2n) is 13.3. The summed E-state index contributed by atoms with van der Waals surface area (Å²) in [7, 11) is -4.78. The molecule has 0 aromatic rings. The highest BCUT2D eigenvalue weighted by molar-refractivity contribution is 7.46. The zero-order chi connectivity index (χ0) is 37.3. The number of hydrogen-bond acceptors (Lipinski definition) is 7. The maximum Gasteiger partial charge on any atom is 0.469 e. The highest BCUT2D eigenvalue weighted by Crippen LogP contribution is 2.36. The lowest BCUT2D eigenvalue weighted by molar-refractivity contribution is -0.161. The first-order valence-electron chi connectivity index (χ1n) is 19.7. The molecule has 0 aromatic heterocycles. The number of phosphoric ester groups is 1. The first-order chi connectivity index (χ1) is 24.7.